The summed E-state index contributed by atoms with van der Waals surface area (Å²) >= 11 is 0. The normalized spacial score (nSPS) is 26.6. The first-order chi connectivity index (χ1) is 9.20. The first-order valence-corrected chi connectivity index (χ1v) is 7.21. The molecule has 2 aliphatic rings. The molecule has 2 aliphatic heterocycles. The van der Waals surface area contributed by atoms with Crippen molar-refractivity contribution < 1.29 is 4.74 Å². The fraction of sp³-hybridized carbons (Fsp3) is 0.714. The lowest BCUT2D eigenvalue weighted by atomic mass is 10.1. The van der Waals surface area contributed by atoms with E-state index >= 15 is 0 Å². The Bertz CT molecular complexity index is 437. The van der Waals surface area contributed by atoms with Crippen LogP contribution in [0, 0.1) is 0 Å². The average Bonchev–Trinajstić information content (AvgIpc) is 2.68. The lowest BCUT2D eigenvalue weighted by Gasteiger charge is -2.24. The fourth-order valence-corrected chi connectivity index (χ4v) is 2.92. The van der Waals surface area contributed by atoms with E-state index in [0.29, 0.717) is 18.0 Å². The van der Waals surface area contributed by atoms with Crippen molar-refractivity contribution in [2.45, 2.75) is 51.3 Å². The van der Waals surface area contributed by atoms with Crippen molar-refractivity contribution in [1.29, 1.82) is 0 Å². The maximum Gasteiger partial charge on any atom is 0.228 e. The third-order valence-corrected chi connectivity index (χ3v) is 3.78. The monoisotopic (exact) mass is 262 g/mol. The van der Waals surface area contributed by atoms with Crippen molar-refractivity contribution in [2.75, 3.05) is 18.0 Å². The van der Waals surface area contributed by atoms with Gasteiger partial charge in [-0.2, -0.15) is 4.98 Å². The highest BCUT2D eigenvalue weighted by molar-refractivity contribution is 5.33. The minimum Gasteiger partial charge on any atom is -0.475 e. The van der Waals surface area contributed by atoms with Gasteiger partial charge >= 0.3 is 0 Å². The lowest BCUT2D eigenvalue weighted by Crippen LogP contribution is -2.36. The number of anilines is 1. The van der Waals surface area contributed by atoms with Gasteiger partial charge in [0.2, 0.25) is 11.8 Å². The molecule has 1 aromatic heterocycles. The molecule has 19 heavy (non-hydrogen) atoms. The first kappa shape index (κ1) is 12.7. The van der Waals surface area contributed by atoms with Crippen molar-refractivity contribution in [3.8, 4) is 5.88 Å². The molecule has 2 atom stereocenters. The van der Waals surface area contributed by atoms with E-state index < -0.39 is 0 Å². The van der Waals surface area contributed by atoms with E-state index in [2.05, 4.69) is 20.2 Å². The van der Waals surface area contributed by atoms with Gasteiger partial charge in [-0.1, -0.05) is 0 Å². The minimum absolute atomic E-state index is 0.143. The smallest absolute Gasteiger partial charge is 0.228 e. The molecule has 3 rings (SSSR count). The van der Waals surface area contributed by atoms with Crippen LogP contribution >= 0.6 is 0 Å². The maximum absolute atomic E-state index is 5.65. The molecule has 2 unspecified atom stereocenters. The van der Waals surface area contributed by atoms with Crippen LogP contribution in [0.4, 0.5) is 5.95 Å². The third kappa shape index (κ3) is 2.97. The second-order valence-electron chi connectivity index (χ2n) is 5.73. The van der Waals surface area contributed by atoms with Gasteiger partial charge in [0, 0.05) is 37.4 Å². The van der Waals surface area contributed by atoms with E-state index in [-0.39, 0.29) is 6.10 Å². The predicted octanol–water partition coefficient (Wildman–Crippen LogP) is 1.59. The Balaban J connectivity index is 1.74. The van der Waals surface area contributed by atoms with Crippen LogP contribution in [0.3, 0.4) is 0 Å². The number of nitrogens with one attached hydrogen (secondary N) is 1. The quantitative estimate of drug-likeness (QED) is 0.896. The Hall–Kier alpha value is -1.36. The molecule has 5 nitrogen and oxygen atoms in total. The van der Waals surface area contributed by atoms with E-state index in [0.717, 1.165) is 19.0 Å². The van der Waals surface area contributed by atoms with E-state index in [1.807, 2.05) is 19.9 Å². The van der Waals surface area contributed by atoms with Crippen molar-refractivity contribution in [1.82, 2.24) is 15.3 Å². The molecule has 2 bridgehead atoms. The molecule has 0 spiro atoms. The fourth-order valence-electron chi connectivity index (χ4n) is 2.92. The van der Waals surface area contributed by atoms with Crippen LogP contribution in [0.25, 0.3) is 0 Å². The number of rotatable bonds is 3. The molecule has 0 saturated carbocycles. The van der Waals surface area contributed by atoms with Crippen LogP contribution < -0.4 is 15.0 Å². The molecule has 1 N–H and O–H groups in total. The molecule has 2 saturated heterocycles. The second kappa shape index (κ2) is 5.33. The predicted molar refractivity (Wildman–Crippen MR) is 74.6 cm³/mol. The molecule has 3 heterocycles. The molecule has 2 fully saturated rings. The van der Waals surface area contributed by atoms with Gasteiger partial charge in [0.25, 0.3) is 0 Å². The highest BCUT2D eigenvalue weighted by Crippen LogP contribution is 2.23. The van der Waals surface area contributed by atoms with Crippen LogP contribution in [0.2, 0.25) is 0 Å². The zero-order valence-electron chi connectivity index (χ0n) is 11.7. The SMILES string of the molecule is CC(C)Oc1ccnc(N2CCC3CCC(C2)N3)n1. The van der Waals surface area contributed by atoms with Crippen LogP contribution in [0.5, 0.6) is 5.88 Å². The average molecular weight is 262 g/mol. The Labute approximate surface area is 114 Å². The molecule has 1 aromatic rings. The Morgan fingerprint density at radius 2 is 2.16 bits per heavy atom. The molecule has 0 amide bonds. The Morgan fingerprint density at radius 3 is 3.00 bits per heavy atom. The van der Waals surface area contributed by atoms with Crippen molar-refractivity contribution >= 4 is 5.95 Å². The number of hydrogen-bond donors (Lipinski definition) is 1. The highest BCUT2D eigenvalue weighted by Gasteiger charge is 2.30. The van der Waals surface area contributed by atoms with Crippen molar-refractivity contribution in [2.24, 2.45) is 0 Å². The first-order valence-electron chi connectivity index (χ1n) is 7.21. The molecule has 0 aromatic carbocycles. The summed E-state index contributed by atoms with van der Waals surface area (Å²) in [6.45, 7) is 6.05. The molecule has 104 valence electrons. The summed E-state index contributed by atoms with van der Waals surface area (Å²) in [4.78, 5) is 11.2. The number of ether oxygens (including phenoxy) is 1. The summed E-state index contributed by atoms with van der Waals surface area (Å²) in [5, 5.41) is 3.67. The maximum atomic E-state index is 5.65. The highest BCUT2D eigenvalue weighted by atomic mass is 16.5. The van der Waals surface area contributed by atoms with E-state index in [1.165, 1.54) is 19.3 Å². The standard InChI is InChI=1S/C14H22N4O/c1-10(2)19-13-5-7-15-14(17-13)18-8-6-11-3-4-12(9-18)16-11/h5,7,10-12,16H,3-4,6,8-9H2,1-2H3. The molecular formula is C14H22N4O. The molecule has 0 radical (unpaired) electrons. The lowest BCUT2D eigenvalue weighted by molar-refractivity contribution is 0.232. The second-order valence-corrected chi connectivity index (χ2v) is 5.73. The summed E-state index contributed by atoms with van der Waals surface area (Å²) in [5.41, 5.74) is 0. The Morgan fingerprint density at radius 1 is 1.32 bits per heavy atom. The zero-order chi connectivity index (χ0) is 13.2. The summed E-state index contributed by atoms with van der Waals surface area (Å²) in [5.74, 6) is 1.47. The Kier molecular flexibility index (Phi) is 3.55. The van der Waals surface area contributed by atoms with Crippen LogP contribution in [-0.4, -0.2) is 41.2 Å². The van der Waals surface area contributed by atoms with Crippen LogP contribution in [0.15, 0.2) is 12.3 Å². The van der Waals surface area contributed by atoms with E-state index in [9.17, 15) is 0 Å². The number of hydrogen-bond acceptors (Lipinski definition) is 5. The van der Waals surface area contributed by atoms with Crippen LogP contribution in [0.1, 0.15) is 33.1 Å². The summed E-state index contributed by atoms with van der Waals surface area (Å²) in [6.07, 6.45) is 5.69. The number of aromatic nitrogens is 2. The summed E-state index contributed by atoms with van der Waals surface area (Å²) < 4.78 is 5.65. The van der Waals surface area contributed by atoms with Gasteiger partial charge in [-0.25, -0.2) is 4.98 Å². The van der Waals surface area contributed by atoms with Crippen LogP contribution in [-0.2, 0) is 0 Å². The summed E-state index contributed by atoms with van der Waals surface area (Å²) in [7, 11) is 0. The van der Waals surface area contributed by atoms with Gasteiger partial charge in [0.1, 0.15) is 0 Å². The summed E-state index contributed by atoms with van der Waals surface area (Å²) in [6, 6.07) is 3.10. The molecule has 0 aliphatic carbocycles. The van der Waals surface area contributed by atoms with Gasteiger partial charge < -0.3 is 15.0 Å². The third-order valence-electron chi connectivity index (χ3n) is 3.78. The minimum atomic E-state index is 0.143. The molecular weight excluding hydrogens is 240 g/mol. The van der Waals surface area contributed by atoms with Gasteiger partial charge in [0.15, 0.2) is 0 Å². The number of fused-ring (bicyclic) bond motifs is 2. The van der Waals surface area contributed by atoms with E-state index in [1.54, 1.807) is 6.20 Å². The number of nitrogens with zero attached hydrogens (tertiary/aromatic N) is 3. The zero-order valence-corrected chi connectivity index (χ0v) is 11.7. The van der Waals surface area contributed by atoms with Gasteiger partial charge in [-0.15, -0.1) is 0 Å². The van der Waals surface area contributed by atoms with Crippen molar-refractivity contribution in [3.63, 3.8) is 0 Å². The molecule has 5 heteroatoms. The van der Waals surface area contributed by atoms with E-state index in [4.69, 9.17) is 4.74 Å². The van der Waals surface area contributed by atoms with Gasteiger partial charge in [-0.3, -0.25) is 0 Å². The van der Waals surface area contributed by atoms with Crippen molar-refractivity contribution in [3.05, 3.63) is 12.3 Å². The largest absolute Gasteiger partial charge is 0.475 e. The van der Waals surface area contributed by atoms with Gasteiger partial charge in [0.05, 0.1) is 6.10 Å². The topological polar surface area (TPSA) is 50.3 Å². The van der Waals surface area contributed by atoms with Gasteiger partial charge in [-0.05, 0) is 33.1 Å².